The van der Waals surface area contributed by atoms with Gasteiger partial charge in [-0.2, -0.15) is 0 Å². The highest BCUT2D eigenvalue weighted by Crippen LogP contribution is 2.16. The van der Waals surface area contributed by atoms with Gasteiger partial charge in [-0.3, -0.25) is 14.4 Å². The predicted molar refractivity (Wildman–Crippen MR) is 307 cm³/mol. The van der Waals surface area contributed by atoms with Gasteiger partial charge in [0.05, 0.1) is 6.42 Å². The van der Waals surface area contributed by atoms with Crippen LogP contribution in [0.1, 0.15) is 290 Å². The molecule has 0 aliphatic heterocycles. The van der Waals surface area contributed by atoms with Crippen LogP contribution in [0, 0.1) is 0 Å². The van der Waals surface area contributed by atoms with Crippen LogP contribution in [-0.4, -0.2) is 37.2 Å². The highest BCUT2D eigenvalue weighted by molar-refractivity contribution is 5.72. The zero-order chi connectivity index (χ0) is 51.4. The lowest BCUT2D eigenvalue weighted by molar-refractivity contribution is -0.166. The normalized spacial score (nSPS) is 12.7. The predicted octanol–water partition coefficient (Wildman–Crippen LogP) is 20.3. The van der Waals surface area contributed by atoms with Gasteiger partial charge < -0.3 is 14.2 Å². The summed E-state index contributed by atoms with van der Waals surface area (Å²) in [4.78, 5) is 37.7. The van der Waals surface area contributed by atoms with E-state index in [-0.39, 0.29) is 31.6 Å². The van der Waals surface area contributed by atoms with E-state index in [0.717, 1.165) is 89.9 Å². The maximum absolute atomic E-state index is 12.7. The molecule has 0 spiro atoms. The van der Waals surface area contributed by atoms with Gasteiger partial charge in [0.2, 0.25) is 0 Å². The number of hydrogen-bond donors (Lipinski definition) is 0. The molecule has 0 bridgehead atoms. The Morgan fingerprint density at radius 2 is 0.592 bits per heavy atom. The SMILES string of the molecule is CC/C=C\C/C=C\C/C=C\C/C=C\C/C=C\CC(=O)OC(COC(=O)CCCCCCC)COC(=O)CCCCCCCCCCCCCCCCCCCCCCC/C=C\C/C=C\CCCCCCC. The van der Waals surface area contributed by atoms with Gasteiger partial charge in [-0.25, -0.2) is 0 Å². The molecule has 0 fully saturated rings. The Morgan fingerprint density at radius 3 is 0.930 bits per heavy atom. The topological polar surface area (TPSA) is 78.9 Å². The largest absolute Gasteiger partial charge is 0.462 e. The fraction of sp³-hybridized carbons (Fsp3) is 0.738. The van der Waals surface area contributed by atoms with E-state index in [4.69, 9.17) is 14.2 Å². The zero-order valence-electron chi connectivity index (χ0n) is 46.7. The second kappa shape index (κ2) is 59.2. The summed E-state index contributed by atoms with van der Waals surface area (Å²) in [6.07, 6.45) is 78.3. The molecule has 6 nitrogen and oxygen atoms in total. The first-order valence-corrected chi connectivity index (χ1v) is 30.1. The van der Waals surface area contributed by atoms with Gasteiger partial charge in [0.1, 0.15) is 13.2 Å². The molecule has 0 heterocycles. The molecular weight excluding hydrogens is 877 g/mol. The van der Waals surface area contributed by atoms with E-state index in [0.29, 0.717) is 12.8 Å². The third-order valence-electron chi connectivity index (χ3n) is 12.9. The number of rotatable bonds is 54. The molecule has 71 heavy (non-hydrogen) atoms. The summed E-state index contributed by atoms with van der Waals surface area (Å²) < 4.78 is 16.6. The lowest BCUT2D eigenvalue weighted by atomic mass is 10.0. The summed E-state index contributed by atoms with van der Waals surface area (Å²) in [5, 5.41) is 0. The van der Waals surface area contributed by atoms with E-state index in [1.165, 1.54) is 161 Å². The van der Waals surface area contributed by atoms with Gasteiger partial charge >= 0.3 is 17.9 Å². The lowest BCUT2D eigenvalue weighted by Crippen LogP contribution is -2.30. The maximum atomic E-state index is 12.7. The van der Waals surface area contributed by atoms with Crippen molar-refractivity contribution in [2.75, 3.05) is 13.2 Å². The smallest absolute Gasteiger partial charge is 0.310 e. The summed E-state index contributed by atoms with van der Waals surface area (Å²) in [5.74, 6) is -1.05. The average molecular weight is 990 g/mol. The molecule has 0 saturated heterocycles. The van der Waals surface area contributed by atoms with Gasteiger partial charge in [0.15, 0.2) is 6.10 Å². The van der Waals surface area contributed by atoms with Gasteiger partial charge in [0.25, 0.3) is 0 Å². The fourth-order valence-electron chi connectivity index (χ4n) is 8.43. The number of ether oxygens (including phenoxy) is 3. The van der Waals surface area contributed by atoms with Crippen LogP contribution in [-0.2, 0) is 28.6 Å². The van der Waals surface area contributed by atoms with Gasteiger partial charge in [0, 0.05) is 12.8 Å². The molecule has 0 aromatic heterocycles. The van der Waals surface area contributed by atoms with Crippen LogP contribution in [0.2, 0.25) is 0 Å². The highest BCUT2D eigenvalue weighted by atomic mass is 16.6. The van der Waals surface area contributed by atoms with Crippen LogP contribution < -0.4 is 0 Å². The second-order valence-electron chi connectivity index (χ2n) is 19.9. The Kier molecular flexibility index (Phi) is 56.3. The summed E-state index contributed by atoms with van der Waals surface area (Å²) >= 11 is 0. The van der Waals surface area contributed by atoms with Crippen molar-refractivity contribution in [2.45, 2.75) is 297 Å². The van der Waals surface area contributed by atoms with Gasteiger partial charge in [-0.05, 0) is 77.0 Å². The first-order valence-electron chi connectivity index (χ1n) is 30.1. The van der Waals surface area contributed by atoms with Gasteiger partial charge in [-0.1, -0.05) is 279 Å². The molecule has 0 amide bonds. The van der Waals surface area contributed by atoms with Crippen LogP contribution in [0.15, 0.2) is 85.1 Å². The maximum Gasteiger partial charge on any atom is 0.310 e. The van der Waals surface area contributed by atoms with Crippen LogP contribution in [0.4, 0.5) is 0 Å². The van der Waals surface area contributed by atoms with E-state index in [1.54, 1.807) is 6.08 Å². The number of carbonyl (C=O) groups is 3. The van der Waals surface area contributed by atoms with E-state index in [1.807, 2.05) is 6.08 Å². The molecule has 0 rings (SSSR count). The van der Waals surface area contributed by atoms with E-state index < -0.39 is 12.1 Å². The Morgan fingerprint density at radius 1 is 0.310 bits per heavy atom. The van der Waals surface area contributed by atoms with Crippen molar-refractivity contribution in [3.8, 4) is 0 Å². The van der Waals surface area contributed by atoms with Crippen molar-refractivity contribution in [1.29, 1.82) is 0 Å². The monoisotopic (exact) mass is 989 g/mol. The number of unbranched alkanes of at least 4 members (excludes halogenated alkanes) is 30. The minimum Gasteiger partial charge on any atom is -0.462 e. The Labute approximate surface area is 439 Å². The summed E-state index contributed by atoms with van der Waals surface area (Å²) in [6.45, 7) is 6.35. The van der Waals surface area contributed by atoms with E-state index in [2.05, 4.69) is 93.7 Å². The molecule has 1 unspecified atom stereocenters. The lowest BCUT2D eigenvalue weighted by Gasteiger charge is -2.18. The third-order valence-corrected chi connectivity index (χ3v) is 12.9. The first kappa shape index (κ1) is 67.6. The zero-order valence-corrected chi connectivity index (χ0v) is 46.7. The van der Waals surface area contributed by atoms with Gasteiger partial charge in [-0.15, -0.1) is 0 Å². The van der Waals surface area contributed by atoms with Crippen LogP contribution >= 0.6 is 0 Å². The van der Waals surface area contributed by atoms with Crippen LogP contribution in [0.25, 0.3) is 0 Å². The third kappa shape index (κ3) is 57.4. The number of esters is 3. The number of carbonyl (C=O) groups excluding carboxylic acids is 3. The Bertz CT molecular complexity index is 1370. The van der Waals surface area contributed by atoms with Crippen molar-refractivity contribution < 1.29 is 28.6 Å². The fourth-order valence-corrected chi connectivity index (χ4v) is 8.43. The first-order chi connectivity index (χ1) is 35.0. The summed E-state index contributed by atoms with van der Waals surface area (Å²) in [5.41, 5.74) is 0. The summed E-state index contributed by atoms with van der Waals surface area (Å²) in [7, 11) is 0. The Balaban J connectivity index is 3.97. The minimum atomic E-state index is -0.825. The van der Waals surface area contributed by atoms with E-state index in [9.17, 15) is 14.4 Å². The molecule has 0 aromatic rings. The average Bonchev–Trinajstić information content (AvgIpc) is 3.37. The number of hydrogen-bond acceptors (Lipinski definition) is 6. The molecule has 0 N–H and O–H groups in total. The second-order valence-corrected chi connectivity index (χ2v) is 19.9. The molecule has 0 aromatic carbocycles. The van der Waals surface area contributed by atoms with E-state index >= 15 is 0 Å². The quantitative estimate of drug-likeness (QED) is 0.0261. The van der Waals surface area contributed by atoms with Crippen molar-refractivity contribution >= 4 is 17.9 Å². The molecule has 0 saturated carbocycles. The molecule has 6 heteroatoms. The minimum absolute atomic E-state index is 0.0984. The molecular formula is C65H112O6. The molecule has 0 radical (unpaired) electrons. The highest BCUT2D eigenvalue weighted by Gasteiger charge is 2.19. The standard InChI is InChI=1S/C65H112O6/c1-4-7-10-13-15-17-19-21-23-24-25-26-27-28-29-30-31-32-33-34-35-36-37-38-39-40-42-43-45-47-49-52-55-58-64(67)70-61-62(60-69-63(66)57-54-51-12-9-6-3)71-65(68)59-56-53-50-48-46-44-41-22-20-18-16-14-11-8-5-2/h8,11,16,18-19,21-22,24-25,41,46,48,53,56,62H,4-7,9-10,12-15,17,20,23,26-40,42-45,47,49-52,54-55,57-61H2,1-3H3/b11-8-,18-16-,21-19-,25-24-,41-22-,48-46-,56-53-. The van der Waals surface area contributed by atoms with Crippen molar-refractivity contribution in [3.63, 3.8) is 0 Å². The molecule has 1 atom stereocenters. The van der Waals surface area contributed by atoms with Crippen molar-refractivity contribution in [1.82, 2.24) is 0 Å². The molecule has 0 aliphatic carbocycles. The number of allylic oxidation sites excluding steroid dienone is 13. The van der Waals surface area contributed by atoms with Crippen LogP contribution in [0.5, 0.6) is 0 Å². The van der Waals surface area contributed by atoms with Crippen molar-refractivity contribution in [3.05, 3.63) is 85.1 Å². The Hall–Kier alpha value is -3.41. The van der Waals surface area contributed by atoms with Crippen LogP contribution in [0.3, 0.4) is 0 Å². The summed E-state index contributed by atoms with van der Waals surface area (Å²) in [6, 6.07) is 0. The molecule has 408 valence electrons. The van der Waals surface area contributed by atoms with Crippen molar-refractivity contribution in [2.24, 2.45) is 0 Å². The molecule has 0 aliphatic rings.